The Kier molecular flexibility index (Phi) is 7.84. The van der Waals surface area contributed by atoms with Crippen molar-refractivity contribution in [2.75, 3.05) is 11.9 Å². The van der Waals surface area contributed by atoms with Crippen LogP contribution in [0.4, 0.5) is 32.0 Å². The fourth-order valence-electron chi connectivity index (χ4n) is 4.32. The van der Waals surface area contributed by atoms with Crippen LogP contribution < -0.4 is 4.90 Å². The molecule has 3 nitrogen and oxygen atoms in total. The Hall–Kier alpha value is -3.59. The number of rotatable bonds is 4. The molecule has 38 heavy (non-hydrogen) atoms. The first-order valence-electron chi connectivity index (χ1n) is 11.2. The minimum absolute atomic E-state index is 0. The van der Waals surface area contributed by atoms with E-state index in [2.05, 4.69) is 4.98 Å². The molecule has 10 heteroatoms. The van der Waals surface area contributed by atoms with Crippen molar-refractivity contribution in [1.29, 1.82) is 0 Å². The molecule has 1 amide bonds. The first-order valence-corrected chi connectivity index (χ1v) is 11.2. The Morgan fingerprint density at radius 1 is 0.763 bits per heavy atom. The highest BCUT2D eigenvalue weighted by Crippen LogP contribution is 2.41. The van der Waals surface area contributed by atoms with Crippen molar-refractivity contribution in [3.8, 4) is 11.1 Å². The standard InChI is InChI=1S/C28H22F6N2O.ClH/c1-26(2,18-13-19(27(29,30)31)15-20(14-18)28(32,33)34)25(37)36(3)24-11-12-35-16-23(24)22-10-6-8-17-7-4-5-9-21(17)22;/h4-16H,1-3H3;1H. The fraction of sp³-hybridized carbons (Fsp3) is 0.214. The first kappa shape index (κ1) is 29.0. The maximum atomic E-state index is 13.7. The zero-order valence-electron chi connectivity index (χ0n) is 20.5. The summed E-state index contributed by atoms with van der Waals surface area (Å²) in [5.74, 6) is -0.687. The second kappa shape index (κ2) is 10.3. The normalized spacial score (nSPS) is 12.2. The van der Waals surface area contributed by atoms with Gasteiger partial charge in [-0.15, -0.1) is 12.4 Å². The average Bonchev–Trinajstić information content (AvgIpc) is 2.86. The monoisotopic (exact) mass is 552 g/mol. The van der Waals surface area contributed by atoms with Gasteiger partial charge in [0.2, 0.25) is 5.91 Å². The van der Waals surface area contributed by atoms with Gasteiger partial charge >= 0.3 is 12.4 Å². The van der Waals surface area contributed by atoms with Crippen LogP contribution in [-0.4, -0.2) is 17.9 Å². The summed E-state index contributed by atoms with van der Waals surface area (Å²) in [6.07, 6.45) is -7.01. The van der Waals surface area contributed by atoms with Crippen molar-refractivity contribution >= 4 is 34.8 Å². The molecule has 1 aromatic heterocycles. The Morgan fingerprint density at radius 3 is 1.92 bits per heavy atom. The zero-order valence-corrected chi connectivity index (χ0v) is 21.3. The van der Waals surface area contributed by atoms with Crippen molar-refractivity contribution in [3.05, 3.63) is 95.8 Å². The van der Waals surface area contributed by atoms with Crippen molar-refractivity contribution in [2.24, 2.45) is 0 Å². The fourth-order valence-corrected chi connectivity index (χ4v) is 4.32. The molecule has 3 aromatic carbocycles. The Bertz CT molecular complexity index is 1440. The largest absolute Gasteiger partial charge is 0.416 e. The number of hydrogen-bond donors (Lipinski definition) is 0. The maximum Gasteiger partial charge on any atom is 0.416 e. The summed E-state index contributed by atoms with van der Waals surface area (Å²) in [6.45, 7) is 2.61. The van der Waals surface area contributed by atoms with Gasteiger partial charge in [0.25, 0.3) is 0 Å². The van der Waals surface area contributed by atoms with E-state index >= 15 is 0 Å². The summed E-state index contributed by atoms with van der Waals surface area (Å²) in [6, 6.07) is 16.1. The van der Waals surface area contributed by atoms with Gasteiger partial charge in [-0.25, -0.2) is 0 Å². The van der Waals surface area contributed by atoms with E-state index in [1.54, 1.807) is 12.3 Å². The lowest BCUT2D eigenvalue weighted by Gasteiger charge is -2.32. The lowest BCUT2D eigenvalue weighted by molar-refractivity contribution is -0.143. The highest BCUT2D eigenvalue weighted by Gasteiger charge is 2.41. The third-order valence-corrected chi connectivity index (χ3v) is 6.39. The van der Waals surface area contributed by atoms with Gasteiger partial charge in [-0.2, -0.15) is 26.3 Å². The average molecular weight is 553 g/mol. The molecule has 0 aliphatic heterocycles. The van der Waals surface area contributed by atoms with E-state index in [0.29, 0.717) is 23.4 Å². The molecule has 0 aliphatic rings. The van der Waals surface area contributed by atoms with E-state index in [1.165, 1.54) is 32.0 Å². The van der Waals surface area contributed by atoms with Crippen LogP contribution >= 0.6 is 12.4 Å². The molecule has 0 spiro atoms. The van der Waals surface area contributed by atoms with E-state index in [9.17, 15) is 31.1 Å². The summed E-state index contributed by atoms with van der Waals surface area (Å²) in [5.41, 5.74) is -3.29. The van der Waals surface area contributed by atoms with Crippen LogP contribution in [0.5, 0.6) is 0 Å². The van der Waals surface area contributed by atoms with Gasteiger partial charge in [0.15, 0.2) is 0 Å². The molecule has 4 rings (SSSR count). The molecular weight excluding hydrogens is 530 g/mol. The number of anilines is 1. The highest BCUT2D eigenvalue weighted by atomic mass is 35.5. The molecule has 0 N–H and O–H groups in total. The number of fused-ring (bicyclic) bond motifs is 1. The molecule has 0 bridgehead atoms. The molecule has 0 saturated carbocycles. The van der Waals surface area contributed by atoms with Crippen LogP contribution in [0.25, 0.3) is 21.9 Å². The van der Waals surface area contributed by atoms with Crippen molar-refractivity contribution < 1.29 is 31.1 Å². The Morgan fingerprint density at radius 2 is 1.32 bits per heavy atom. The lowest BCUT2D eigenvalue weighted by Crippen LogP contribution is -2.42. The van der Waals surface area contributed by atoms with Crippen molar-refractivity contribution in [1.82, 2.24) is 4.98 Å². The molecular formula is C28H23ClF6N2O. The van der Waals surface area contributed by atoms with Gasteiger partial charge in [0.1, 0.15) is 0 Å². The number of halogens is 7. The number of benzene rings is 3. The van der Waals surface area contributed by atoms with E-state index in [1.807, 2.05) is 42.5 Å². The maximum absolute atomic E-state index is 13.7. The van der Waals surface area contributed by atoms with Crippen LogP contribution in [-0.2, 0) is 22.6 Å². The number of amides is 1. The highest BCUT2D eigenvalue weighted by molar-refractivity contribution is 6.06. The van der Waals surface area contributed by atoms with E-state index in [4.69, 9.17) is 0 Å². The van der Waals surface area contributed by atoms with Gasteiger partial charge in [0.05, 0.1) is 22.2 Å². The molecule has 0 unspecified atom stereocenters. The molecule has 4 aromatic rings. The summed E-state index contributed by atoms with van der Waals surface area (Å²) >= 11 is 0. The number of aromatic nitrogens is 1. The number of alkyl halides is 6. The Labute approximate surface area is 221 Å². The smallest absolute Gasteiger partial charge is 0.314 e. The van der Waals surface area contributed by atoms with Gasteiger partial charge < -0.3 is 4.90 Å². The zero-order chi connectivity index (χ0) is 27.2. The first-order chi connectivity index (χ1) is 17.2. The van der Waals surface area contributed by atoms with E-state index in [0.717, 1.165) is 16.3 Å². The number of nitrogens with zero attached hydrogens (tertiary/aromatic N) is 2. The van der Waals surface area contributed by atoms with Crippen molar-refractivity contribution in [2.45, 2.75) is 31.6 Å². The van der Waals surface area contributed by atoms with Gasteiger partial charge in [-0.05, 0) is 60.0 Å². The molecule has 0 aliphatic carbocycles. The number of hydrogen-bond acceptors (Lipinski definition) is 2. The van der Waals surface area contributed by atoms with Gasteiger partial charge in [0, 0.05) is 25.0 Å². The molecule has 0 radical (unpaired) electrons. The third-order valence-electron chi connectivity index (χ3n) is 6.39. The second-order valence-corrected chi connectivity index (χ2v) is 9.20. The van der Waals surface area contributed by atoms with Crippen LogP contribution in [0, 0.1) is 0 Å². The molecule has 0 fully saturated rings. The summed E-state index contributed by atoms with van der Waals surface area (Å²) in [5, 5.41) is 1.85. The van der Waals surface area contributed by atoms with Crippen molar-refractivity contribution in [3.63, 3.8) is 0 Å². The summed E-state index contributed by atoms with van der Waals surface area (Å²) in [7, 11) is 1.44. The quantitative estimate of drug-likeness (QED) is 0.239. The number of likely N-dealkylation sites (N-methyl/N-ethyl adjacent to an activating group) is 1. The van der Waals surface area contributed by atoms with Crippen LogP contribution in [0.1, 0.15) is 30.5 Å². The minimum Gasteiger partial charge on any atom is -0.314 e. The van der Waals surface area contributed by atoms with Gasteiger partial charge in [-0.3, -0.25) is 9.78 Å². The van der Waals surface area contributed by atoms with Gasteiger partial charge in [-0.1, -0.05) is 42.5 Å². The predicted octanol–water partition coefficient (Wildman–Crippen LogP) is 8.30. The summed E-state index contributed by atoms with van der Waals surface area (Å²) in [4.78, 5) is 19.1. The summed E-state index contributed by atoms with van der Waals surface area (Å²) < 4.78 is 80.7. The van der Waals surface area contributed by atoms with E-state index in [-0.39, 0.29) is 18.5 Å². The topological polar surface area (TPSA) is 33.2 Å². The van der Waals surface area contributed by atoms with Crippen LogP contribution in [0.15, 0.2) is 79.1 Å². The lowest BCUT2D eigenvalue weighted by atomic mass is 9.81. The van der Waals surface area contributed by atoms with Crippen LogP contribution in [0.3, 0.4) is 0 Å². The molecule has 200 valence electrons. The minimum atomic E-state index is -5.02. The molecule has 0 saturated heterocycles. The molecule has 1 heterocycles. The predicted molar refractivity (Wildman–Crippen MR) is 137 cm³/mol. The number of carbonyl (C=O) groups excluding carboxylic acids is 1. The number of pyridine rings is 1. The third kappa shape index (κ3) is 5.48. The Balaban J connectivity index is 0.00000400. The molecule has 0 atom stereocenters. The number of carbonyl (C=O) groups is 1. The van der Waals surface area contributed by atoms with E-state index < -0.39 is 40.4 Å². The second-order valence-electron chi connectivity index (χ2n) is 9.20. The SMILES string of the molecule is CN(C(=O)C(C)(C)c1cc(C(F)(F)F)cc(C(F)(F)F)c1)c1ccncc1-c1cccc2ccccc12.Cl. The van der Waals surface area contributed by atoms with Crippen LogP contribution in [0.2, 0.25) is 0 Å².